The SMILES string of the molecule is COc1ccc(CN2CCN(c3ccc(-c4cc(C(C=NC(C)C)=CN)cn5ncc(C#N)c45)cn3)CC2)cn1. The molecule has 4 aromatic rings. The molecule has 2 N–H and O–H groups in total. The van der Waals surface area contributed by atoms with E-state index >= 15 is 0 Å². The van der Waals surface area contributed by atoms with Crippen LogP contribution in [0.4, 0.5) is 5.82 Å². The lowest BCUT2D eigenvalue weighted by atomic mass is 10.0. The second kappa shape index (κ2) is 12.0. The van der Waals surface area contributed by atoms with Gasteiger partial charge in [-0.3, -0.25) is 9.89 Å². The van der Waals surface area contributed by atoms with E-state index in [1.54, 1.807) is 24.0 Å². The van der Waals surface area contributed by atoms with Crippen LogP contribution >= 0.6 is 0 Å². The molecule has 1 saturated heterocycles. The molecule has 4 aromatic heterocycles. The Hall–Kier alpha value is -4.75. The highest BCUT2D eigenvalue weighted by molar-refractivity contribution is 6.10. The molecule has 5 heterocycles. The first kappa shape index (κ1) is 26.8. The molecule has 0 unspecified atom stereocenters. The lowest BCUT2D eigenvalue weighted by molar-refractivity contribution is 0.249. The van der Waals surface area contributed by atoms with Gasteiger partial charge >= 0.3 is 0 Å². The summed E-state index contributed by atoms with van der Waals surface area (Å²) >= 11 is 0. The highest BCUT2D eigenvalue weighted by atomic mass is 16.5. The van der Waals surface area contributed by atoms with Gasteiger partial charge in [-0.05, 0) is 37.6 Å². The Bertz CT molecular complexity index is 1560. The normalized spacial score (nSPS) is 14.8. The van der Waals surface area contributed by atoms with Gasteiger partial charge in [-0.25, -0.2) is 14.5 Å². The number of fused-ring (bicyclic) bond motifs is 1. The number of methoxy groups -OCH3 is 1. The number of nitriles is 1. The maximum atomic E-state index is 9.73. The maximum absolute atomic E-state index is 9.73. The minimum absolute atomic E-state index is 0.145. The molecule has 10 heteroatoms. The molecule has 1 aliphatic heterocycles. The molecule has 0 spiro atoms. The van der Waals surface area contributed by atoms with Gasteiger partial charge in [-0.2, -0.15) is 10.4 Å². The van der Waals surface area contributed by atoms with E-state index in [0.717, 1.165) is 66.3 Å². The standard InChI is InChI=1S/C30H33N9O/c1-21(2)33-17-25(13-31)24-12-27(30-26(14-32)18-36-39(30)20-24)23-5-6-28(34-16-23)38-10-8-37(9-11-38)19-22-4-7-29(40-3)35-15-22/h4-7,12-13,15-18,20-21H,8-11,19,31H2,1-3H3. The average molecular weight is 536 g/mol. The van der Waals surface area contributed by atoms with Crippen molar-refractivity contribution < 1.29 is 4.74 Å². The van der Waals surface area contributed by atoms with E-state index in [2.05, 4.69) is 43.1 Å². The van der Waals surface area contributed by atoms with E-state index in [9.17, 15) is 5.26 Å². The summed E-state index contributed by atoms with van der Waals surface area (Å²) in [6.07, 6.45) is 10.5. The van der Waals surface area contributed by atoms with Crippen molar-refractivity contribution in [1.29, 1.82) is 5.26 Å². The summed E-state index contributed by atoms with van der Waals surface area (Å²) in [6.45, 7) is 8.52. The minimum Gasteiger partial charge on any atom is -0.481 e. The lowest BCUT2D eigenvalue weighted by Crippen LogP contribution is -2.46. The van der Waals surface area contributed by atoms with E-state index in [0.29, 0.717) is 11.4 Å². The van der Waals surface area contributed by atoms with Crippen LogP contribution < -0.4 is 15.4 Å². The third-order valence-corrected chi connectivity index (χ3v) is 6.92. The molecule has 40 heavy (non-hydrogen) atoms. The number of hydrogen-bond acceptors (Lipinski definition) is 9. The van der Waals surface area contributed by atoms with Crippen LogP contribution in [0.2, 0.25) is 0 Å². The Kier molecular flexibility index (Phi) is 8.03. The van der Waals surface area contributed by atoms with Gasteiger partial charge in [0.15, 0.2) is 0 Å². The zero-order valence-corrected chi connectivity index (χ0v) is 23.0. The Morgan fingerprint density at radius 2 is 1.95 bits per heavy atom. The Morgan fingerprint density at radius 3 is 2.58 bits per heavy atom. The van der Waals surface area contributed by atoms with Gasteiger partial charge in [0.1, 0.15) is 11.9 Å². The average Bonchev–Trinajstić information content (AvgIpc) is 3.41. The summed E-state index contributed by atoms with van der Waals surface area (Å²) < 4.78 is 6.88. The van der Waals surface area contributed by atoms with Crippen molar-refractivity contribution >= 4 is 23.1 Å². The van der Waals surface area contributed by atoms with E-state index in [1.807, 2.05) is 50.6 Å². The second-order valence-corrected chi connectivity index (χ2v) is 9.98. The highest BCUT2D eigenvalue weighted by Gasteiger charge is 2.19. The summed E-state index contributed by atoms with van der Waals surface area (Å²) in [5, 5.41) is 14.2. The summed E-state index contributed by atoms with van der Waals surface area (Å²) in [5.74, 6) is 1.56. The van der Waals surface area contributed by atoms with Crippen LogP contribution in [-0.4, -0.2) is 70.0 Å². The fourth-order valence-corrected chi connectivity index (χ4v) is 4.78. The predicted octanol–water partition coefficient (Wildman–Crippen LogP) is 3.77. The van der Waals surface area contributed by atoms with Crippen molar-refractivity contribution in [1.82, 2.24) is 24.5 Å². The van der Waals surface area contributed by atoms with Crippen LogP contribution in [0.5, 0.6) is 5.88 Å². The molecule has 1 aliphatic rings. The molecule has 10 nitrogen and oxygen atoms in total. The third-order valence-electron chi connectivity index (χ3n) is 6.92. The smallest absolute Gasteiger partial charge is 0.212 e. The van der Waals surface area contributed by atoms with Crippen molar-refractivity contribution in [3.05, 3.63) is 78.0 Å². The second-order valence-electron chi connectivity index (χ2n) is 9.98. The molecule has 0 atom stereocenters. The van der Waals surface area contributed by atoms with Gasteiger partial charge in [0.05, 0.1) is 24.4 Å². The number of allylic oxidation sites excluding steroid dienone is 1. The predicted molar refractivity (Wildman–Crippen MR) is 157 cm³/mol. The van der Waals surface area contributed by atoms with Gasteiger partial charge in [0, 0.05) is 98.1 Å². The number of aromatic nitrogens is 4. The molecule has 204 valence electrons. The molecule has 0 amide bonds. The van der Waals surface area contributed by atoms with Crippen molar-refractivity contribution in [3.8, 4) is 23.1 Å². The van der Waals surface area contributed by atoms with E-state index < -0.39 is 0 Å². The first-order valence-corrected chi connectivity index (χ1v) is 13.3. The molecule has 0 aromatic carbocycles. The molecule has 0 saturated carbocycles. The number of nitrogens with two attached hydrogens (primary N) is 1. The first-order chi connectivity index (χ1) is 19.5. The Balaban J connectivity index is 1.35. The minimum atomic E-state index is 0.145. The quantitative estimate of drug-likeness (QED) is 0.339. The van der Waals surface area contributed by atoms with Gasteiger partial charge in [0.2, 0.25) is 5.88 Å². The zero-order chi connectivity index (χ0) is 28.1. The van der Waals surface area contributed by atoms with E-state index in [1.165, 1.54) is 11.8 Å². The number of hydrogen-bond donors (Lipinski definition) is 1. The van der Waals surface area contributed by atoms with Crippen molar-refractivity contribution in [2.24, 2.45) is 10.7 Å². The van der Waals surface area contributed by atoms with Crippen LogP contribution in [0.25, 0.3) is 22.2 Å². The first-order valence-electron chi connectivity index (χ1n) is 13.3. The lowest BCUT2D eigenvalue weighted by Gasteiger charge is -2.35. The zero-order valence-electron chi connectivity index (χ0n) is 23.0. The Labute approximate surface area is 234 Å². The number of piperazine rings is 1. The number of pyridine rings is 3. The summed E-state index contributed by atoms with van der Waals surface area (Å²) in [4.78, 5) is 18.3. The largest absolute Gasteiger partial charge is 0.481 e. The number of nitrogens with zero attached hydrogens (tertiary/aromatic N) is 8. The summed E-state index contributed by atoms with van der Waals surface area (Å²) in [5.41, 5.74) is 11.8. The van der Waals surface area contributed by atoms with Crippen LogP contribution in [0.15, 0.2) is 66.3 Å². The fourth-order valence-electron chi connectivity index (χ4n) is 4.78. The maximum Gasteiger partial charge on any atom is 0.212 e. The fraction of sp³-hybridized carbons (Fsp3) is 0.300. The monoisotopic (exact) mass is 535 g/mol. The van der Waals surface area contributed by atoms with Crippen LogP contribution in [0, 0.1) is 11.3 Å². The number of rotatable bonds is 8. The molecular weight excluding hydrogens is 502 g/mol. The van der Waals surface area contributed by atoms with Gasteiger partial charge in [-0.15, -0.1) is 0 Å². The van der Waals surface area contributed by atoms with Crippen LogP contribution in [0.1, 0.15) is 30.5 Å². The molecule has 1 fully saturated rings. The van der Waals surface area contributed by atoms with Crippen molar-refractivity contribution in [3.63, 3.8) is 0 Å². The van der Waals surface area contributed by atoms with Crippen molar-refractivity contribution in [2.75, 3.05) is 38.2 Å². The Morgan fingerprint density at radius 1 is 1.12 bits per heavy atom. The molecule has 0 bridgehead atoms. The van der Waals surface area contributed by atoms with Crippen molar-refractivity contribution in [2.45, 2.75) is 26.4 Å². The molecular formula is C30H33N9O. The van der Waals surface area contributed by atoms with E-state index in [4.69, 9.17) is 15.5 Å². The third kappa shape index (κ3) is 5.80. The molecule has 0 radical (unpaired) electrons. The topological polar surface area (TPSA) is 121 Å². The summed E-state index contributed by atoms with van der Waals surface area (Å²) in [7, 11) is 1.63. The summed E-state index contributed by atoms with van der Waals surface area (Å²) in [6, 6.07) is 12.5. The molecule has 5 rings (SSSR count). The van der Waals surface area contributed by atoms with Gasteiger partial charge in [-0.1, -0.05) is 6.07 Å². The molecule has 0 aliphatic carbocycles. The highest BCUT2D eigenvalue weighted by Crippen LogP contribution is 2.31. The number of ether oxygens (including phenoxy) is 1. The van der Waals surface area contributed by atoms with Crippen LogP contribution in [0.3, 0.4) is 0 Å². The van der Waals surface area contributed by atoms with E-state index in [-0.39, 0.29) is 6.04 Å². The number of anilines is 1. The van der Waals surface area contributed by atoms with Crippen LogP contribution in [-0.2, 0) is 6.54 Å². The van der Waals surface area contributed by atoms with Gasteiger partial charge < -0.3 is 15.4 Å². The van der Waals surface area contributed by atoms with Gasteiger partial charge in [0.25, 0.3) is 0 Å². The number of aliphatic imine (C=N–C) groups is 1.